The Balaban J connectivity index is 1.40. The van der Waals surface area contributed by atoms with Gasteiger partial charge in [0.25, 0.3) is 0 Å². The summed E-state index contributed by atoms with van der Waals surface area (Å²) in [5.74, 6) is 1.58. The maximum absolute atomic E-state index is 5.33. The van der Waals surface area contributed by atoms with Crippen molar-refractivity contribution in [1.82, 2.24) is 5.32 Å². The highest BCUT2D eigenvalue weighted by molar-refractivity contribution is 5.90. The number of ether oxygens (including phenoxy) is 2. The summed E-state index contributed by atoms with van der Waals surface area (Å²) in [6.07, 6.45) is 2.27. The molecule has 0 radical (unpaired) electrons. The lowest BCUT2D eigenvalue weighted by atomic mass is 9.85. The quantitative estimate of drug-likeness (QED) is 0.605. The molecule has 0 heterocycles. The topological polar surface area (TPSA) is 42.5 Å². The van der Waals surface area contributed by atoms with E-state index >= 15 is 0 Å². The molecule has 0 fully saturated rings. The molecule has 4 heteroatoms. The van der Waals surface area contributed by atoms with Gasteiger partial charge >= 0.3 is 0 Å². The van der Waals surface area contributed by atoms with Gasteiger partial charge in [0, 0.05) is 43.0 Å². The van der Waals surface area contributed by atoms with Gasteiger partial charge in [0.05, 0.1) is 14.2 Å². The molecule has 1 aliphatic rings. The average molecular weight is 362 g/mol. The first kappa shape index (κ1) is 17.7. The van der Waals surface area contributed by atoms with Gasteiger partial charge in [0.2, 0.25) is 0 Å². The monoisotopic (exact) mass is 362 g/mol. The second kappa shape index (κ2) is 7.89. The predicted molar refractivity (Wildman–Crippen MR) is 111 cm³/mol. The summed E-state index contributed by atoms with van der Waals surface area (Å²) in [5.41, 5.74) is 3.91. The van der Waals surface area contributed by atoms with E-state index in [0.717, 1.165) is 43.1 Å². The van der Waals surface area contributed by atoms with Gasteiger partial charge in [-0.05, 0) is 34.7 Å². The lowest BCUT2D eigenvalue weighted by molar-refractivity contribution is 0.394. The largest absolute Gasteiger partial charge is 0.497 e. The fourth-order valence-corrected chi connectivity index (χ4v) is 3.98. The van der Waals surface area contributed by atoms with Crippen LogP contribution in [0.3, 0.4) is 0 Å². The predicted octanol–water partition coefficient (Wildman–Crippen LogP) is 4.55. The summed E-state index contributed by atoms with van der Waals surface area (Å²) in [7, 11) is 3.34. The van der Waals surface area contributed by atoms with Gasteiger partial charge in [0.1, 0.15) is 11.5 Å². The molecule has 27 heavy (non-hydrogen) atoms. The molecule has 1 unspecified atom stereocenters. The Morgan fingerprint density at radius 2 is 1.67 bits per heavy atom. The van der Waals surface area contributed by atoms with Crippen LogP contribution in [0, 0.1) is 0 Å². The highest BCUT2D eigenvalue weighted by Crippen LogP contribution is 2.35. The van der Waals surface area contributed by atoms with Crippen LogP contribution in [-0.2, 0) is 6.42 Å². The van der Waals surface area contributed by atoms with E-state index in [0.29, 0.717) is 6.04 Å². The summed E-state index contributed by atoms with van der Waals surface area (Å²) >= 11 is 0. The lowest BCUT2D eigenvalue weighted by Gasteiger charge is -2.27. The van der Waals surface area contributed by atoms with Crippen LogP contribution in [0.15, 0.2) is 54.6 Å². The number of anilines is 1. The summed E-state index contributed by atoms with van der Waals surface area (Å²) in [5, 5.41) is 9.96. The molecular formula is C23H26N2O2. The minimum Gasteiger partial charge on any atom is -0.497 e. The Kier molecular flexibility index (Phi) is 5.16. The maximum Gasteiger partial charge on any atom is 0.124 e. The number of aryl methyl sites for hydroxylation is 1. The van der Waals surface area contributed by atoms with E-state index in [1.807, 2.05) is 18.2 Å². The van der Waals surface area contributed by atoms with Crippen LogP contribution in [-0.4, -0.2) is 27.3 Å². The van der Waals surface area contributed by atoms with E-state index in [-0.39, 0.29) is 0 Å². The van der Waals surface area contributed by atoms with Gasteiger partial charge in [-0.2, -0.15) is 0 Å². The molecule has 4 rings (SSSR count). The van der Waals surface area contributed by atoms with Crippen molar-refractivity contribution < 1.29 is 9.47 Å². The van der Waals surface area contributed by atoms with Crippen LogP contribution in [0.25, 0.3) is 10.8 Å². The number of benzene rings is 3. The molecular weight excluding hydrogens is 336 g/mol. The number of methoxy groups -OCH3 is 2. The fraction of sp³-hybridized carbons (Fsp3) is 0.304. The molecule has 4 nitrogen and oxygen atoms in total. The van der Waals surface area contributed by atoms with Crippen molar-refractivity contribution in [3.8, 4) is 11.5 Å². The normalized spacial score (nSPS) is 15.6. The molecule has 3 aromatic carbocycles. The second-order valence-electron chi connectivity index (χ2n) is 6.94. The van der Waals surface area contributed by atoms with Crippen molar-refractivity contribution in [3.05, 3.63) is 65.7 Å². The van der Waals surface area contributed by atoms with Gasteiger partial charge in [-0.15, -0.1) is 0 Å². The van der Waals surface area contributed by atoms with Crippen LogP contribution in [0.1, 0.15) is 23.6 Å². The fourth-order valence-electron chi connectivity index (χ4n) is 3.98. The van der Waals surface area contributed by atoms with Crippen molar-refractivity contribution in [2.45, 2.75) is 18.9 Å². The second-order valence-corrected chi connectivity index (χ2v) is 6.94. The Morgan fingerprint density at radius 1 is 0.926 bits per heavy atom. The Labute approximate surface area is 160 Å². The third-order valence-corrected chi connectivity index (χ3v) is 5.30. The van der Waals surface area contributed by atoms with Crippen molar-refractivity contribution in [1.29, 1.82) is 0 Å². The number of rotatable bonds is 7. The molecule has 140 valence electrons. The van der Waals surface area contributed by atoms with E-state index in [2.05, 4.69) is 47.0 Å². The first-order chi connectivity index (χ1) is 13.3. The zero-order valence-corrected chi connectivity index (χ0v) is 15.9. The van der Waals surface area contributed by atoms with E-state index in [9.17, 15) is 0 Å². The van der Waals surface area contributed by atoms with Gasteiger partial charge in [-0.25, -0.2) is 0 Å². The van der Waals surface area contributed by atoms with E-state index in [1.165, 1.54) is 21.9 Å². The number of nitrogens with one attached hydrogen (secondary N) is 2. The maximum atomic E-state index is 5.33. The summed E-state index contributed by atoms with van der Waals surface area (Å²) in [6, 6.07) is 19.5. The van der Waals surface area contributed by atoms with E-state index in [4.69, 9.17) is 9.47 Å². The first-order valence-corrected chi connectivity index (χ1v) is 9.49. The zero-order chi connectivity index (χ0) is 18.6. The van der Waals surface area contributed by atoms with Crippen LogP contribution >= 0.6 is 0 Å². The van der Waals surface area contributed by atoms with Crippen LogP contribution in [0.4, 0.5) is 5.69 Å². The Hall–Kier alpha value is -2.72. The van der Waals surface area contributed by atoms with E-state index in [1.54, 1.807) is 14.2 Å². The molecule has 1 aliphatic carbocycles. The molecule has 0 amide bonds. The van der Waals surface area contributed by atoms with Crippen LogP contribution in [0.2, 0.25) is 0 Å². The minimum absolute atomic E-state index is 0.408. The van der Waals surface area contributed by atoms with Gasteiger partial charge in [-0.3, -0.25) is 0 Å². The van der Waals surface area contributed by atoms with Crippen LogP contribution in [0.5, 0.6) is 11.5 Å². The van der Waals surface area contributed by atoms with Crippen molar-refractivity contribution in [3.63, 3.8) is 0 Å². The molecule has 0 saturated heterocycles. The highest BCUT2D eigenvalue weighted by atomic mass is 16.5. The molecule has 0 saturated carbocycles. The van der Waals surface area contributed by atoms with Crippen LogP contribution < -0.4 is 20.1 Å². The summed E-state index contributed by atoms with van der Waals surface area (Å²) in [4.78, 5) is 0. The zero-order valence-electron chi connectivity index (χ0n) is 15.9. The standard InChI is InChI=1S/C23H26N2O2/c1-26-19-13-18(14-20(15-19)27-2)24-11-12-25-22-10-9-17-6-3-5-16-7-4-8-21(22)23(16)17/h3-8,13-15,22,24-25H,9-12H2,1-2H3. The number of hydrogen-bond donors (Lipinski definition) is 2. The van der Waals surface area contributed by atoms with Crippen molar-refractivity contribution in [2.75, 3.05) is 32.6 Å². The molecule has 0 aromatic heterocycles. The van der Waals surface area contributed by atoms with Gasteiger partial charge < -0.3 is 20.1 Å². The third-order valence-electron chi connectivity index (χ3n) is 5.30. The van der Waals surface area contributed by atoms with Crippen molar-refractivity contribution in [2.24, 2.45) is 0 Å². The number of hydrogen-bond acceptors (Lipinski definition) is 4. The highest BCUT2D eigenvalue weighted by Gasteiger charge is 2.20. The smallest absolute Gasteiger partial charge is 0.124 e. The molecule has 0 aliphatic heterocycles. The average Bonchev–Trinajstić information content (AvgIpc) is 2.72. The van der Waals surface area contributed by atoms with Gasteiger partial charge in [0.15, 0.2) is 0 Å². The Bertz CT molecular complexity index is 911. The Morgan fingerprint density at radius 3 is 2.41 bits per heavy atom. The van der Waals surface area contributed by atoms with Gasteiger partial charge in [-0.1, -0.05) is 36.4 Å². The first-order valence-electron chi connectivity index (χ1n) is 9.49. The third kappa shape index (κ3) is 3.71. The molecule has 2 N–H and O–H groups in total. The molecule has 3 aromatic rings. The lowest BCUT2D eigenvalue weighted by Crippen LogP contribution is -2.29. The molecule has 1 atom stereocenters. The van der Waals surface area contributed by atoms with E-state index < -0.39 is 0 Å². The SMILES string of the molecule is COc1cc(NCCNC2CCc3cccc4cccc2c34)cc(OC)c1. The molecule has 0 spiro atoms. The summed E-state index contributed by atoms with van der Waals surface area (Å²) in [6.45, 7) is 1.73. The molecule has 0 bridgehead atoms. The minimum atomic E-state index is 0.408. The summed E-state index contributed by atoms with van der Waals surface area (Å²) < 4.78 is 10.7. The van der Waals surface area contributed by atoms with Crippen molar-refractivity contribution >= 4 is 16.5 Å².